The zero-order valence-corrected chi connectivity index (χ0v) is 12.1. The fourth-order valence-corrected chi connectivity index (χ4v) is 2.68. The van der Waals surface area contributed by atoms with Gasteiger partial charge in [-0.05, 0) is 24.6 Å². The average Bonchev–Trinajstić information content (AvgIpc) is 2.86. The number of aliphatic hydroxyl groups excluding tert-OH is 1. The van der Waals surface area contributed by atoms with Crippen LogP contribution in [0.3, 0.4) is 0 Å². The number of aryl methyl sites for hydroxylation is 1. The molecule has 21 heavy (non-hydrogen) atoms. The molecule has 0 bridgehead atoms. The molecule has 0 radical (unpaired) electrons. The van der Waals surface area contributed by atoms with Crippen molar-refractivity contribution in [3.63, 3.8) is 0 Å². The number of para-hydroxylation sites is 2. The summed E-state index contributed by atoms with van der Waals surface area (Å²) < 4.78 is 1.82. The Morgan fingerprint density at radius 2 is 1.67 bits per heavy atom. The molecule has 0 fully saturated rings. The van der Waals surface area contributed by atoms with E-state index < -0.39 is 11.7 Å². The Morgan fingerprint density at radius 3 is 2.33 bits per heavy atom. The van der Waals surface area contributed by atoms with E-state index in [9.17, 15) is 10.2 Å². The van der Waals surface area contributed by atoms with E-state index in [2.05, 4.69) is 4.98 Å². The summed E-state index contributed by atoms with van der Waals surface area (Å²) >= 11 is 0. The van der Waals surface area contributed by atoms with Crippen LogP contribution < -0.4 is 0 Å². The van der Waals surface area contributed by atoms with Crippen molar-refractivity contribution in [1.82, 2.24) is 9.55 Å². The van der Waals surface area contributed by atoms with Crippen LogP contribution in [0.1, 0.15) is 24.4 Å². The molecule has 0 amide bonds. The highest BCUT2D eigenvalue weighted by Crippen LogP contribution is 2.35. The largest absolute Gasteiger partial charge is 0.385 e. The number of nitrogens with zero attached hydrogens (tertiary/aromatic N) is 2. The van der Waals surface area contributed by atoms with Crippen molar-refractivity contribution in [2.75, 3.05) is 0 Å². The lowest BCUT2D eigenvalue weighted by Crippen LogP contribution is -2.33. The van der Waals surface area contributed by atoms with Crippen LogP contribution in [0.15, 0.2) is 54.6 Å². The second kappa shape index (κ2) is 4.98. The molecule has 4 nitrogen and oxygen atoms in total. The summed E-state index contributed by atoms with van der Waals surface area (Å²) in [4.78, 5) is 4.48. The molecule has 0 saturated heterocycles. The van der Waals surface area contributed by atoms with Gasteiger partial charge in [-0.3, -0.25) is 0 Å². The van der Waals surface area contributed by atoms with Gasteiger partial charge in [0.2, 0.25) is 0 Å². The van der Waals surface area contributed by atoms with Gasteiger partial charge in [0.25, 0.3) is 0 Å². The predicted octanol–water partition coefficient (Wildman–Crippen LogP) is 2.51. The van der Waals surface area contributed by atoms with Gasteiger partial charge < -0.3 is 14.8 Å². The first-order valence-electron chi connectivity index (χ1n) is 6.89. The fourth-order valence-electron chi connectivity index (χ4n) is 2.68. The number of hydrogen-bond donors (Lipinski definition) is 2. The molecule has 3 aromatic rings. The molecule has 0 aliphatic rings. The topological polar surface area (TPSA) is 58.3 Å². The Labute approximate surface area is 123 Å². The van der Waals surface area contributed by atoms with Gasteiger partial charge in [0.15, 0.2) is 0 Å². The minimum Gasteiger partial charge on any atom is -0.385 e. The smallest absolute Gasteiger partial charge is 0.149 e. The van der Waals surface area contributed by atoms with E-state index in [1.54, 1.807) is 19.1 Å². The zero-order chi connectivity index (χ0) is 15.0. The van der Waals surface area contributed by atoms with Crippen LogP contribution in [0.5, 0.6) is 0 Å². The van der Waals surface area contributed by atoms with E-state index in [1.807, 2.05) is 54.1 Å². The molecule has 0 saturated carbocycles. The quantitative estimate of drug-likeness (QED) is 0.776. The first-order chi connectivity index (χ1) is 10.0. The third-order valence-corrected chi connectivity index (χ3v) is 3.89. The monoisotopic (exact) mass is 282 g/mol. The molecular formula is C17H18N2O2. The van der Waals surface area contributed by atoms with Crippen molar-refractivity contribution in [3.8, 4) is 0 Å². The van der Waals surface area contributed by atoms with Gasteiger partial charge in [0.1, 0.15) is 17.5 Å². The predicted molar refractivity (Wildman–Crippen MR) is 81.7 cm³/mol. The van der Waals surface area contributed by atoms with E-state index in [4.69, 9.17) is 0 Å². The molecule has 2 N–H and O–H groups in total. The summed E-state index contributed by atoms with van der Waals surface area (Å²) in [6, 6.07) is 16.8. The number of imidazole rings is 1. The normalized spacial score (nSPS) is 15.8. The molecule has 4 heteroatoms. The van der Waals surface area contributed by atoms with Gasteiger partial charge in [0, 0.05) is 7.05 Å². The van der Waals surface area contributed by atoms with Crippen LogP contribution in [-0.2, 0) is 12.6 Å². The van der Waals surface area contributed by atoms with Gasteiger partial charge in [-0.25, -0.2) is 4.98 Å². The van der Waals surface area contributed by atoms with Crippen molar-refractivity contribution in [1.29, 1.82) is 0 Å². The highest BCUT2D eigenvalue weighted by Gasteiger charge is 2.37. The first kappa shape index (κ1) is 13.8. The molecule has 2 aromatic carbocycles. The minimum absolute atomic E-state index is 0.444. The highest BCUT2D eigenvalue weighted by atomic mass is 16.3. The standard InChI is InChI=1S/C17H18N2O2/c1-17(21,15(20)12-8-4-3-5-9-12)16-18-13-10-6-7-11-14(13)19(16)2/h3-11,15,20-21H,1-2H3/t15-,17+/m0/s1. The number of aromatic nitrogens is 2. The summed E-state index contributed by atoms with van der Waals surface area (Å²) in [7, 11) is 1.84. The van der Waals surface area contributed by atoms with E-state index in [1.165, 1.54) is 0 Å². The van der Waals surface area contributed by atoms with Gasteiger partial charge >= 0.3 is 0 Å². The van der Waals surface area contributed by atoms with E-state index in [0.717, 1.165) is 11.0 Å². The Balaban J connectivity index is 2.09. The van der Waals surface area contributed by atoms with Crippen LogP contribution in [0.4, 0.5) is 0 Å². The maximum absolute atomic E-state index is 10.9. The van der Waals surface area contributed by atoms with Gasteiger partial charge in [-0.15, -0.1) is 0 Å². The van der Waals surface area contributed by atoms with Crippen LogP contribution in [-0.4, -0.2) is 19.8 Å². The number of hydrogen-bond acceptors (Lipinski definition) is 3. The second-order valence-electron chi connectivity index (χ2n) is 5.44. The maximum atomic E-state index is 10.9. The number of fused-ring (bicyclic) bond motifs is 1. The van der Waals surface area contributed by atoms with Crippen LogP contribution in [0.25, 0.3) is 11.0 Å². The fraction of sp³-hybridized carbons (Fsp3) is 0.235. The zero-order valence-electron chi connectivity index (χ0n) is 12.1. The molecule has 2 atom stereocenters. The van der Waals surface area contributed by atoms with Crippen molar-refractivity contribution < 1.29 is 10.2 Å². The van der Waals surface area contributed by atoms with Crippen LogP contribution in [0.2, 0.25) is 0 Å². The molecule has 108 valence electrons. The molecule has 0 aliphatic heterocycles. The summed E-state index contributed by atoms with van der Waals surface area (Å²) in [6.07, 6.45) is -1.05. The van der Waals surface area contributed by atoms with E-state index in [0.29, 0.717) is 11.4 Å². The summed E-state index contributed by atoms with van der Waals surface area (Å²) in [5.74, 6) is 0.444. The molecular weight excluding hydrogens is 264 g/mol. The Bertz CT molecular complexity index is 763. The number of aliphatic hydroxyl groups is 2. The Hall–Kier alpha value is -2.17. The third-order valence-electron chi connectivity index (χ3n) is 3.89. The van der Waals surface area contributed by atoms with Gasteiger partial charge in [0.05, 0.1) is 11.0 Å². The highest BCUT2D eigenvalue weighted by molar-refractivity contribution is 5.76. The Morgan fingerprint density at radius 1 is 1.05 bits per heavy atom. The second-order valence-corrected chi connectivity index (χ2v) is 5.44. The molecule has 1 heterocycles. The van der Waals surface area contributed by atoms with Gasteiger partial charge in [-0.2, -0.15) is 0 Å². The lowest BCUT2D eigenvalue weighted by atomic mass is 9.92. The lowest BCUT2D eigenvalue weighted by molar-refractivity contribution is -0.0764. The van der Waals surface area contributed by atoms with Crippen molar-refractivity contribution >= 4 is 11.0 Å². The average molecular weight is 282 g/mol. The molecule has 0 unspecified atom stereocenters. The first-order valence-corrected chi connectivity index (χ1v) is 6.89. The SMILES string of the molecule is Cn1c([C@](C)(O)[C@@H](O)c2ccccc2)nc2ccccc21. The molecule has 0 spiro atoms. The van der Waals surface area contributed by atoms with E-state index in [-0.39, 0.29) is 0 Å². The summed E-state index contributed by atoms with van der Waals surface area (Å²) in [5.41, 5.74) is 0.910. The van der Waals surface area contributed by atoms with Crippen molar-refractivity contribution in [2.24, 2.45) is 7.05 Å². The Kier molecular flexibility index (Phi) is 3.27. The third kappa shape index (κ3) is 2.22. The van der Waals surface area contributed by atoms with Gasteiger partial charge in [-0.1, -0.05) is 42.5 Å². The van der Waals surface area contributed by atoms with Crippen molar-refractivity contribution in [3.05, 3.63) is 66.0 Å². The van der Waals surface area contributed by atoms with E-state index >= 15 is 0 Å². The van der Waals surface area contributed by atoms with Crippen LogP contribution >= 0.6 is 0 Å². The molecule has 1 aromatic heterocycles. The van der Waals surface area contributed by atoms with Crippen molar-refractivity contribution in [2.45, 2.75) is 18.6 Å². The maximum Gasteiger partial charge on any atom is 0.149 e. The summed E-state index contributed by atoms with van der Waals surface area (Å²) in [6.45, 7) is 1.59. The molecule has 0 aliphatic carbocycles. The summed E-state index contributed by atoms with van der Waals surface area (Å²) in [5, 5.41) is 21.4. The number of rotatable bonds is 3. The minimum atomic E-state index is -1.48. The van der Waals surface area contributed by atoms with Crippen LogP contribution in [0, 0.1) is 0 Å². The number of benzene rings is 2. The lowest BCUT2D eigenvalue weighted by Gasteiger charge is -2.28. The molecule has 3 rings (SSSR count).